The summed E-state index contributed by atoms with van der Waals surface area (Å²) in [5.41, 5.74) is 1.82. The van der Waals surface area contributed by atoms with Crippen molar-refractivity contribution in [2.75, 3.05) is 17.2 Å². The zero-order valence-electron chi connectivity index (χ0n) is 13.8. The molecule has 0 saturated carbocycles. The number of nitrogens with zero attached hydrogens (tertiary/aromatic N) is 1. The van der Waals surface area contributed by atoms with Crippen molar-refractivity contribution >= 4 is 44.2 Å². The highest BCUT2D eigenvalue weighted by Gasteiger charge is 2.11. The Morgan fingerprint density at radius 2 is 2.00 bits per heavy atom. The van der Waals surface area contributed by atoms with Crippen molar-refractivity contribution in [1.82, 2.24) is 4.98 Å². The van der Waals surface area contributed by atoms with Gasteiger partial charge in [0.15, 0.2) is 5.13 Å². The molecule has 0 aliphatic heterocycles. The fourth-order valence-corrected chi connectivity index (χ4v) is 3.21. The predicted molar refractivity (Wildman–Crippen MR) is 99.5 cm³/mol. The normalized spacial score (nSPS) is 10.5. The van der Waals surface area contributed by atoms with E-state index in [0.717, 1.165) is 16.0 Å². The summed E-state index contributed by atoms with van der Waals surface area (Å²) in [5, 5.41) is 5.96. The summed E-state index contributed by atoms with van der Waals surface area (Å²) in [6.07, 6.45) is 0. The maximum atomic E-state index is 12.4. The third kappa shape index (κ3) is 4.13. The third-order valence-corrected chi connectivity index (χ3v) is 4.27. The SMILES string of the molecule is CCOc1ccc2nc(NC(=O)c3cccc(NC(C)=O)c3)sc2c1. The van der Waals surface area contributed by atoms with Crippen LogP contribution in [0.2, 0.25) is 0 Å². The molecule has 0 aliphatic rings. The lowest BCUT2D eigenvalue weighted by molar-refractivity contribution is -0.114. The molecule has 3 aromatic rings. The van der Waals surface area contributed by atoms with Crippen LogP contribution >= 0.6 is 11.3 Å². The average molecular weight is 355 g/mol. The van der Waals surface area contributed by atoms with E-state index >= 15 is 0 Å². The van der Waals surface area contributed by atoms with Crippen LogP contribution < -0.4 is 15.4 Å². The lowest BCUT2D eigenvalue weighted by atomic mass is 10.2. The molecule has 0 fully saturated rings. The number of carbonyl (C=O) groups is 2. The zero-order valence-corrected chi connectivity index (χ0v) is 14.6. The standard InChI is InChI=1S/C18H17N3O3S/c1-3-24-14-7-8-15-16(10-14)25-18(20-15)21-17(23)12-5-4-6-13(9-12)19-11(2)22/h4-10H,3H2,1-2H3,(H,19,22)(H,20,21,23). The van der Waals surface area contributed by atoms with Gasteiger partial charge in [-0.3, -0.25) is 14.9 Å². The van der Waals surface area contributed by atoms with Gasteiger partial charge in [0.25, 0.3) is 5.91 Å². The molecule has 0 aliphatic carbocycles. The maximum absolute atomic E-state index is 12.4. The van der Waals surface area contributed by atoms with E-state index in [1.165, 1.54) is 18.3 Å². The Morgan fingerprint density at radius 1 is 1.16 bits per heavy atom. The molecule has 0 spiro atoms. The van der Waals surface area contributed by atoms with Crippen molar-refractivity contribution in [3.63, 3.8) is 0 Å². The van der Waals surface area contributed by atoms with Gasteiger partial charge in [0.2, 0.25) is 5.91 Å². The molecule has 1 heterocycles. The number of nitrogens with one attached hydrogen (secondary N) is 2. The molecule has 3 rings (SSSR count). The van der Waals surface area contributed by atoms with Gasteiger partial charge in [0.05, 0.1) is 16.8 Å². The molecule has 25 heavy (non-hydrogen) atoms. The smallest absolute Gasteiger partial charge is 0.257 e. The summed E-state index contributed by atoms with van der Waals surface area (Å²) in [6, 6.07) is 12.4. The molecule has 0 unspecified atom stereocenters. The molecular weight excluding hydrogens is 338 g/mol. The van der Waals surface area contributed by atoms with Crippen LogP contribution in [0.25, 0.3) is 10.2 Å². The molecule has 2 amide bonds. The van der Waals surface area contributed by atoms with Crippen LogP contribution in [0.3, 0.4) is 0 Å². The van der Waals surface area contributed by atoms with E-state index in [4.69, 9.17) is 4.74 Å². The molecule has 0 atom stereocenters. The number of hydrogen-bond donors (Lipinski definition) is 2. The number of thiazole rings is 1. The highest BCUT2D eigenvalue weighted by Crippen LogP contribution is 2.29. The van der Waals surface area contributed by atoms with E-state index in [2.05, 4.69) is 15.6 Å². The number of anilines is 2. The van der Waals surface area contributed by atoms with Crippen molar-refractivity contribution in [1.29, 1.82) is 0 Å². The van der Waals surface area contributed by atoms with Crippen molar-refractivity contribution in [2.24, 2.45) is 0 Å². The summed E-state index contributed by atoms with van der Waals surface area (Å²) >= 11 is 1.38. The third-order valence-electron chi connectivity index (χ3n) is 3.34. The second-order valence-corrected chi connectivity index (χ2v) is 6.33. The van der Waals surface area contributed by atoms with Crippen molar-refractivity contribution < 1.29 is 14.3 Å². The number of benzene rings is 2. The van der Waals surface area contributed by atoms with Crippen molar-refractivity contribution in [3.05, 3.63) is 48.0 Å². The van der Waals surface area contributed by atoms with E-state index in [0.29, 0.717) is 23.0 Å². The zero-order chi connectivity index (χ0) is 17.8. The van der Waals surface area contributed by atoms with E-state index in [1.807, 2.05) is 25.1 Å². The van der Waals surface area contributed by atoms with Crippen LogP contribution in [-0.4, -0.2) is 23.4 Å². The first-order valence-electron chi connectivity index (χ1n) is 7.77. The number of rotatable bonds is 5. The quantitative estimate of drug-likeness (QED) is 0.727. The lowest BCUT2D eigenvalue weighted by Crippen LogP contribution is -2.12. The summed E-state index contributed by atoms with van der Waals surface area (Å²) in [4.78, 5) is 28.0. The largest absolute Gasteiger partial charge is 0.494 e. The Morgan fingerprint density at radius 3 is 2.76 bits per heavy atom. The first-order chi connectivity index (χ1) is 12.0. The minimum absolute atomic E-state index is 0.186. The van der Waals surface area contributed by atoms with Crippen molar-refractivity contribution in [3.8, 4) is 5.75 Å². The fourth-order valence-electron chi connectivity index (χ4n) is 2.33. The van der Waals surface area contributed by atoms with Gasteiger partial charge in [-0.1, -0.05) is 17.4 Å². The van der Waals surface area contributed by atoms with Crippen LogP contribution in [0.4, 0.5) is 10.8 Å². The first kappa shape index (κ1) is 16.9. The molecule has 1 aromatic heterocycles. The molecule has 0 bridgehead atoms. The Hall–Kier alpha value is -2.93. The van der Waals surface area contributed by atoms with E-state index in [9.17, 15) is 9.59 Å². The van der Waals surface area contributed by atoms with E-state index in [1.54, 1.807) is 24.3 Å². The highest BCUT2D eigenvalue weighted by molar-refractivity contribution is 7.22. The molecule has 7 heteroatoms. The minimum atomic E-state index is -0.281. The lowest BCUT2D eigenvalue weighted by Gasteiger charge is -2.05. The fraction of sp³-hybridized carbons (Fsp3) is 0.167. The number of ether oxygens (including phenoxy) is 1. The van der Waals surface area contributed by atoms with Gasteiger partial charge in [-0.15, -0.1) is 0 Å². The highest BCUT2D eigenvalue weighted by atomic mass is 32.1. The summed E-state index contributed by atoms with van der Waals surface area (Å²) < 4.78 is 6.41. The second-order valence-electron chi connectivity index (χ2n) is 5.30. The van der Waals surface area contributed by atoms with Crippen LogP contribution in [0.15, 0.2) is 42.5 Å². The van der Waals surface area contributed by atoms with Gasteiger partial charge in [-0.05, 0) is 43.3 Å². The number of aromatic nitrogens is 1. The Balaban J connectivity index is 1.78. The van der Waals surface area contributed by atoms with Gasteiger partial charge in [0.1, 0.15) is 5.75 Å². The number of hydrogen-bond acceptors (Lipinski definition) is 5. The summed E-state index contributed by atoms with van der Waals surface area (Å²) in [7, 11) is 0. The van der Waals surface area contributed by atoms with Gasteiger partial charge in [0, 0.05) is 18.2 Å². The van der Waals surface area contributed by atoms with Gasteiger partial charge in [-0.25, -0.2) is 4.98 Å². The molecule has 128 valence electrons. The Kier molecular flexibility index (Phi) is 4.95. The Labute approximate surface area is 148 Å². The monoisotopic (exact) mass is 355 g/mol. The van der Waals surface area contributed by atoms with Gasteiger partial charge in [-0.2, -0.15) is 0 Å². The van der Waals surface area contributed by atoms with Crippen molar-refractivity contribution in [2.45, 2.75) is 13.8 Å². The predicted octanol–water partition coefficient (Wildman–Crippen LogP) is 3.91. The molecule has 2 aromatic carbocycles. The number of carbonyl (C=O) groups excluding carboxylic acids is 2. The second kappa shape index (κ2) is 7.31. The summed E-state index contributed by atoms with van der Waals surface area (Å²) in [5.74, 6) is 0.310. The topological polar surface area (TPSA) is 80.3 Å². The Bertz CT molecular complexity index is 936. The van der Waals surface area contributed by atoms with Gasteiger partial charge >= 0.3 is 0 Å². The minimum Gasteiger partial charge on any atom is -0.494 e. The molecule has 2 N–H and O–H groups in total. The van der Waals surface area contributed by atoms with Crippen LogP contribution in [0.5, 0.6) is 5.75 Å². The number of amides is 2. The first-order valence-corrected chi connectivity index (χ1v) is 8.59. The average Bonchev–Trinajstić information content (AvgIpc) is 2.96. The van der Waals surface area contributed by atoms with E-state index in [-0.39, 0.29) is 11.8 Å². The van der Waals surface area contributed by atoms with Crippen LogP contribution in [-0.2, 0) is 4.79 Å². The van der Waals surface area contributed by atoms with E-state index < -0.39 is 0 Å². The molecule has 6 nitrogen and oxygen atoms in total. The maximum Gasteiger partial charge on any atom is 0.257 e. The summed E-state index contributed by atoms with van der Waals surface area (Å²) in [6.45, 7) is 3.94. The van der Waals surface area contributed by atoms with Gasteiger partial charge < -0.3 is 10.1 Å². The molecule has 0 radical (unpaired) electrons. The van der Waals surface area contributed by atoms with Crippen LogP contribution in [0, 0.1) is 0 Å². The van der Waals surface area contributed by atoms with Crippen LogP contribution in [0.1, 0.15) is 24.2 Å². The molecular formula is C18H17N3O3S. The number of fused-ring (bicyclic) bond motifs is 1. The molecule has 0 saturated heterocycles.